The zero-order valence-electron chi connectivity index (χ0n) is 11.8. The summed E-state index contributed by atoms with van der Waals surface area (Å²) in [5.74, 6) is 1.16. The van der Waals surface area contributed by atoms with Gasteiger partial charge in [-0.1, -0.05) is 18.2 Å². The first kappa shape index (κ1) is 13.2. The van der Waals surface area contributed by atoms with Gasteiger partial charge in [0, 0.05) is 22.5 Å². The van der Waals surface area contributed by atoms with E-state index in [2.05, 4.69) is 4.98 Å². The quantitative estimate of drug-likeness (QED) is 0.742. The smallest absolute Gasteiger partial charge is 0.153 e. The van der Waals surface area contributed by atoms with Gasteiger partial charge in [-0.2, -0.15) is 0 Å². The van der Waals surface area contributed by atoms with E-state index in [1.165, 1.54) is 7.11 Å². The number of fused-ring (bicyclic) bond motifs is 1. The second-order valence-electron chi connectivity index (χ2n) is 4.68. The first-order chi connectivity index (χ1) is 10.3. The molecule has 0 atom stereocenters. The van der Waals surface area contributed by atoms with E-state index in [1.54, 1.807) is 19.2 Å². The Kier molecular flexibility index (Phi) is 3.36. The maximum Gasteiger partial charge on any atom is 0.153 e. The van der Waals surface area contributed by atoms with E-state index in [1.807, 2.05) is 30.3 Å². The van der Waals surface area contributed by atoms with Crippen LogP contribution in [0.15, 0.2) is 42.5 Å². The minimum atomic E-state index is 0.493. The number of H-pyrrole nitrogens is 1. The third kappa shape index (κ3) is 2.25. The van der Waals surface area contributed by atoms with E-state index in [-0.39, 0.29) is 0 Å². The molecule has 3 rings (SSSR count). The predicted molar refractivity (Wildman–Crippen MR) is 82.2 cm³/mol. The highest BCUT2D eigenvalue weighted by atomic mass is 16.5. The van der Waals surface area contributed by atoms with E-state index < -0.39 is 0 Å². The maximum atomic E-state index is 11.2. The molecule has 0 saturated heterocycles. The standard InChI is InChI=1S/C17H15NO3/c1-20-16-9-17(21-2)13(7-12(16)10-19)15-8-11-5-3-4-6-14(11)18-15/h3-10,18H,1-2H3. The van der Waals surface area contributed by atoms with Crippen LogP contribution in [-0.2, 0) is 0 Å². The summed E-state index contributed by atoms with van der Waals surface area (Å²) in [6.45, 7) is 0. The second-order valence-corrected chi connectivity index (χ2v) is 4.68. The molecule has 0 aliphatic carbocycles. The number of aldehydes is 1. The van der Waals surface area contributed by atoms with Crippen LogP contribution in [0, 0.1) is 0 Å². The van der Waals surface area contributed by atoms with Crippen LogP contribution in [0.1, 0.15) is 10.4 Å². The molecule has 106 valence electrons. The number of carbonyl (C=O) groups is 1. The number of rotatable bonds is 4. The normalized spacial score (nSPS) is 10.6. The van der Waals surface area contributed by atoms with Gasteiger partial charge in [-0.05, 0) is 18.2 Å². The average Bonchev–Trinajstić information content (AvgIpc) is 2.97. The van der Waals surface area contributed by atoms with Gasteiger partial charge in [0.25, 0.3) is 0 Å². The van der Waals surface area contributed by atoms with Gasteiger partial charge in [-0.3, -0.25) is 4.79 Å². The Hall–Kier alpha value is -2.75. The van der Waals surface area contributed by atoms with Crippen molar-refractivity contribution in [2.75, 3.05) is 14.2 Å². The van der Waals surface area contributed by atoms with Crippen molar-refractivity contribution in [2.45, 2.75) is 0 Å². The first-order valence-corrected chi connectivity index (χ1v) is 6.56. The predicted octanol–water partition coefficient (Wildman–Crippen LogP) is 3.66. The molecule has 0 unspecified atom stereocenters. The molecule has 1 aromatic heterocycles. The van der Waals surface area contributed by atoms with Gasteiger partial charge in [0.15, 0.2) is 6.29 Å². The van der Waals surface area contributed by atoms with Crippen molar-refractivity contribution >= 4 is 17.2 Å². The van der Waals surface area contributed by atoms with Crippen molar-refractivity contribution < 1.29 is 14.3 Å². The molecule has 2 aromatic carbocycles. The molecule has 1 N–H and O–H groups in total. The van der Waals surface area contributed by atoms with E-state index in [0.717, 1.165) is 28.4 Å². The number of hydrogen-bond donors (Lipinski definition) is 1. The van der Waals surface area contributed by atoms with E-state index >= 15 is 0 Å². The molecular weight excluding hydrogens is 266 g/mol. The molecule has 4 heteroatoms. The molecule has 0 saturated carbocycles. The first-order valence-electron chi connectivity index (χ1n) is 6.56. The summed E-state index contributed by atoms with van der Waals surface area (Å²) in [6.07, 6.45) is 0.782. The highest BCUT2D eigenvalue weighted by Gasteiger charge is 2.14. The third-order valence-electron chi connectivity index (χ3n) is 3.50. The van der Waals surface area contributed by atoms with Gasteiger partial charge in [0.05, 0.1) is 25.5 Å². The molecule has 0 aliphatic rings. The van der Waals surface area contributed by atoms with Gasteiger partial charge in [-0.25, -0.2) is 0 Å². The summed E-state index contributed by atoms with van der Waals surface area (Å²) < 4.78 is 10.6. The maximum absolute atomic E-state index is 11.2. The zero-order chi connectivity index (χ0) is 14.8. The number of carbonyl (C=O) groups excluding carboxylic acids is 1. The van der Waals surface area contributed by atoms with Crippen molar-refractivity contribution in [3.63, 3.8) is 0 Å². The summed E-state index contributed by atoms with van der Waals surface area (Å²) in [6, 6.07) is 13.5. The van der Waals surface area contributed by atoms with Crippen LogP contribution in [0.3, 0.4) is 0 Å². The Bertz CT molecular complexity index is 772. The number of hydrogen-bond acceptors (Lipinski definition) is 3. The molecule has 1 heterocycles. The van der Waals surface area contributed by atoms with Gasteiger partial charge in [0.2, 0.25) is 0 Å². The molecule has 0 amide bonds. The lowest BCUT2D eigenvalue weighted by Crippen LogP contribution is -1.95. The van der Waals surface area contributed by atoms with E-state index in [4.69, 9.17) is 9.47 Å². The van der Waals surface area contributed by atoms with Gasteiger partial charge >= 0.3 is 0 Å². The van der Waals surface area contributed by atoms with Crippen LogP contribution in [0.2, 0.25) is 0 Å². The Labute approximate surface area is 122 Å². The molecule has 4 nitrogen and oxygen atoms in total. The number of benzene rings is 2. The van der Waals surface area contributed by atoms with Crippen molar-refractivity contribution in [3.05, 3.63) is 48.0 Å². The Balaban J connectivity index is 2.22. The summed E-state index contributed by atoms with van der Waals surface area (Å²) in [7, 11) is 3.13. The number of methoxy groups -OCH3 is 2. The fourth-order valence-corrected chi connectivity index (χ4v) is 2.44. The van der Waals surface area contributed by atoms with Crippen molar-refractivity contribution in [2.24, 2.45) is 0 Å². The molecule has 0 fully saturated rings. The highest BCUT2D eigenvalue weighted by Crippen LogP contribution is 2.36. The molecule has 0 aliphatic heterocycles. The Morgan fingerprint density at radius 1 is 1.00 bits per heavy atom. The SMILES string of the molecule is COc1cc(OC)c(-c2cc3ccccc3[nH]2)cc1C=O. The van der Waals surface area contributed by atoms with Gasteiger partial charge in [-0.15, -0.1) is 0 Å². The van der Waals surface area contributed by atoms with Crippen LogP contribution in [-0.4, -0.2) is 25.5 Å². The third-order valence-corrected chi connectivity index (χ3v) is 3.50. The number of nitrogens with one attached hydrogen (secondary N) is 1. The lowest BCUT2D eigenvalue weighted by atomic mass is 10.1. The van der Waals surface area contributed by atoms with Crippen molar-refractivity contribution in [1.29, 1.82) is 0 Å². The molecule has 0 radical (unpaired) electrons. The Morgan fingerprint density at radius 3 is 2.43 bits per heavy atom. The fraction of sp³-hybridized carbons (Fsp3) is 0.118. The molecular formula is C17H15NO3. The summed E-state index contributed by atoms with van der Waals surface area (Å²) in [5.41, 5.74) is 3.26. The lowest BCUT2D eigenvalue weighted by molar-refractivity contribution is 0.112. The van der Waals surface area contributed by atoms with E-state index in [0.29, 0.717) is 17.1 Å². The fourth-order valence-electron chi connectivity index (χ4n) is 2.44. The van der Waals surface area contributed by atoms with Gasteiger partial charge < -0.3 is 14.5 Å². The largest absolute Gasteiger partial charge is 0.496 e. The summed E-state index contributed by atoms with van der Waals surface area (Å²) >= 11 is 0. The lowest BCUT2D eigenvalue weighted by Gasteiger charge is -2.11. The van der Waals surface area contributed by atoms with Crippen LogP contribution < -0.4 is 9.47 Å². The number of para-hydroxylation sites is 1. The monoisotopic (exact) mass is 281 g/mol. The van der Waals surface area contributed by atoms with Crippen LogP contribution in [0.4, 0.5) is 0 Å². The van der Waals surface area contributed by atoms with Gasteiger partial charge in [0.1, 0.15) is 11.5 Å². The van der Waals surface area contributed by atoms with Crippen molar-refractivity contribution in [1.82, 2.24) is 4.98 Å². The minimum absolute atomic E-state index is 0.493. The van der Waals surface area contributed by atoms with Crippen molar-refractivity contribution in [3.8, 4) is 22.8 Å². The second kappa shape index (κ2) is 5.32. The highest BCUT2D eigenvalue weighted by molar-refractivity contribution is 5.90. The topological polar surface area (TPSA) is 51.3 Å². The van der Waals surface area contributed by atoms with Crippen LogP contribution in [0.5, 0.6) is 11.5 Å². The minimum Gasteiger partial charge on any atom is -0.496 e. The number of aromatic nitrogens is 1. The summed E-state index contributed by atoms with van der Waals surface area (Å²) in [5, 5.41) is 1.11. The molecule has 3 aromatic rings. The zero-order valence-corrected chi connectivity index (χ0v) is 11.8. The molecule has 0 bridgehead atoms. The molecule has 0 spiro atoms. The summed E-state index contributed by atoms with van der Waals surface area (Å²) in [4.78, 5) is 14.5. The molecule has 21 heavy (non-hydrogen) atoms. The van der Waals surface area contributed by atoms with E-state index in [9.17, 15) is 4.79 Å². The van der Waals surface area contributed by atoms with Crippen LogP contribution >= 0.6 is 0 Å². The number of aromatic amines is 1. The average molecular weight is 281 g/mol. The van der Waals surface area contributed by atoms with Crippen LogP contribution in [0.25, 0.3) is 22.2 Å². The number of ether oxygens (including phenoxy) is 2. The Morgan fingerprint density at radius 2 is 1.76 bits per heavy atom.